The summed E-state index contributed by atoms with van der Waals surface area (Å²) >= 11 is 0. The van der Waals surface area contributed by atoms with Crippen molar-refractivity contribution < 1.29 is 9.59 Å². The first kappa shape index (κ1) is 14.0. The molecule has 2 amide bonds. The zero-order valence-corrected chi connectivity index (χ0v) is 11.2. The maximum absolute atomic E-state index is 12.0. The Labute approximate surface area is 117 Å². The fourth-order valence-corrected chi connectivity index (χ4v) is 2.10. The van der Waals surface area contributed by atoms with Crippen LogP contribution in [0.5, 0.6) is 0 Å². The van der Waals surface area contributed by atoms with Crippen LogP contribution >= 0.6 is 0 Å². The van der Waals surface area contributed by atoms with Crippen molar-refractivity contribution in [1.82, 2.24) is 10.2 Å². The number of rotatable bonds is 3. The smallest absolute Gasteiger partial charge is 0.238 e. The highest BCUT2D eigenvalue weighted by atomic mass is 16.2. The molecule has 0 bridgehead atoms. The van der Waals surface area contributed by atoms with Gasteiger partial charge in [0.2, 0.25) is 11.8 Å². The Morgan fingerprint density at radius 2 is 2.40 bits per heavy atom. The third kappa shape index (κ3) is 3.33. The van der Waals surface area contributed by atoms with Crippen molar-refractivity contribution >= 4 is 17.5 Å². The van der Waals surface area contributed by atoms with E-state index in [1.54, 1.807) is 31.2 Å². The summed E-state index contributed by atoms with van der Waals surface area (Å²) in [5.74, 6) is -0.253. The zero-order valence-electron chi connectivity index (χ0n) is 11.2. The van der Waals surface area contributed by atoms with E-state index >= 15 is 0 Å². The van der Waals surface area contributed by atoms with Crippen LogP contribution in [0.2, 0.25) is 0 Å². The molecule has 20 heavy (non-hydrogen) atoms. The molecule has 104 valence electrons. The summed E-state index contributed by atoms with van der Waals surface area (Å²) in [6, 6.07) is 8.44. The Morgan fingerprint density at radius 1 is 1.60 bits per heavy atom. The number of hydrogen-bond donors (Lipinski definition) is 2. The van der Waals surface area contributed by atoms with Crippen LogP contribution in [-0.2, 0) is 9.59 Å². The van der Waals surface area contributed by atoms with Gasteiger partial charge < -0.3 is 10.6 Å². The van der Waals surface area contributed by atoms with E-state index in [-0.39, 0.29) is 24.4 Å². The van der Waals surface area contributed by atoms with E-state index in [0.29, 0.717) is 24.3 Å². The lowest BCUT2D eigenvalue weighted by molar-refractivity contribution is -0.129. The first-order valence-electron chi connectivity index (χ1n) is 6.42. The van der Waals surface area contributed by atoms with Crippen LogP contribution in [0, 0.1) is 11.3 Å². The minimum Gasteiger partial charge on any atom is -0.353 e. The number of hydrogen-bond acceptors (Lipinski definition) is 4. The molecule has 0 aromatic heterocycles. The Balaban J connectivity index is 1.95. The number of nitrogens with zero attached hydrogens (tertiary/aromatic N) is 2. The predicted molar refractivity (Wildman–Crippen MR) is 73.8 cm³/mol. The predicted octanol–water partition coefficient (Wildman–Crippen LogP) is 0.317. The molecule has 1 atom stereocenters. The van der Waals surface area contributed by atoms with Crippen molar-refractivity contribution in [3.63, 3.8) is 0 Å². The molecular weight excluding hydrogens is 256 g/mol. The minimum atomic E-state index is -0.306. The summed E-state index contributed by atoms with van der Waals surface area (Å²) in [4.78, 5) is 25.3. The summed E-state index contributed by atoms with van der Waals surface area (Å²) < 4.78 is 0. The molecule has 2 rings (SSSR count). The van der Waals surface area contributed by atoms with Gasteiger partial charge in [-0.15, -0.1) is 0 Å². The first-order valence-corrected chi connectivity index (χ1v) is 6.42. The fourth-order valence-electron chi connectivity index (χ4n) is 2.10. The van der Waals surface area contributed by atoms with Crippen molar-refractivity contribution in [2.45, 2.75) is 13.0 Å². The van der Waals surface area contributed by atoms with Gasteiger partial charge >= 0.3 is 0 Å². The molecule has 1 aromatic carbocycles. The summed E-state index contributed by atoms with van der Waals surface area (Å²) in [7, 11) is 0. The lowest BCUT2D eigenvalue weighted by atomic mass is 10.2. The van der Waals surface area contributed by atoms with E-state index in [0.717, 1.165) is 0 Å². The van der Waals surface area contributed by atoms with Gasteiger partial charge in [-0.2, -0.15) is 5.26 Å². The molecule has 1 heterocycles. The van der Waals surface area contributed by atoms with Gasteiger partial charge in [-0.25, -0.2) is 0 Å². The third-order valence-corrected chi connectivity index (χ3v) is 3.25. The van der Waals surface area contributed by atoms with E-state index in [1.807, 2.05) is 11.0 Å². The van der Waals surface area contributed by atoms with Crippen LogP contribution in [0.4, 0.5) is 5.69 Å². The van der Waals surface area contributed by atoms with Gasteiger partial charge in [-0.1, -0.05) is 6.07 Å². The molecule has 1 unspecified atom stereocenters. The molecule has 2 N–H and O–H groups in total. The molecule has 1 aliphatic heterocycles. The largest absolute Gasteiger partial charge is 0.353 e. The number of carbonyl (C=O) groups is 2. The summed E-state index contributed by atoms with van der Waals surface area (Å²) in [6.45, 7) is 3.14. The van der Waals surface area contributed by atoms with E-state index in [1.165, 1.54) is 0 Å². The standard InChI is InChI=1S/C14H16N4O2/c1-10-14(20)16-5-6-18(10)9-13(19)17-12-4-2-3-11(7-12)8-15/h2-4,7,10H,5-6,9H2,1H3,(H,16,20)(H,17,19). The minimum absolute atomic E-state index is 0.0597. The van der Waals surface area contributed by atoms with E-state index < -0.39 is 0 Å². The Kier molecular flexibility index (Phi) is 4.33. The van der Waals surface area contributed by atoms with Crippen molar-refractivity contribution in [2.24, 2.45) is 0 Å². The fraction of sp³-hybridized carbons (Fsp3) is 0.357. The topological polar surface area (TPSA) is 85.2 Å². The maximum atomic E-state index is 12.0. The van der Waals surface area contributed by atoms with Crippen molar-refractivity contribution in [1.29, 1.82) is 5.26 Å². The van der Waals surface area contributed by atoms with Crippen LogP contribution in [0.3, 0.4) is 0 Å². The van der Waals surface area contributed by atoms with Crippen molar-refractivity contribution in [3.05, 3.63) is 29.8 Å². The van der Waals surface area contributed by atoms with Crippen molar-refractivity contribution in [3.8, 4) is 6.07 Å². The van der Waals surface area contributed by atoms with Crippen LogP contribution in [0.1, 0.15) is 12.5 Å². The second kappa shape index (κ2) is 6.17. The third-order valence-electron chi connectivity index (χ3n) is 3.25. The summed E-state index contributed by atoms with van der Waals surface area (Å²) in [6.07, 6.45) is 0. The maximum Gasteiger partial charge on any atom is 0.238 e. The van der Waals surface area contributed by atoms with Gasteiger partial charge in [0.1, 0.15) is 0 Å². The second-order valence-electron chi connectivity index (χ2n) is 4.68. The molecule has 6 nitrogen and oxygen atoms in total. The Hall–Kier alpha value is -2.39. The van der Waals surface area contributed by atoms with Crippen LogP contribution in [0.15, 0.2) is 24.3 Å². The highest BCUT2D eigenvalue weighted by Gasteiger charge is 2.26. The van der Waals surface area contributed by atoms with E-state index in [9.17, 15) is 9.59 Å². The molecule has 6 heteroatoms. The Bertz CT molecular complexity index is 565. The van der Waals surface area contributed by atoms with E-state index in [2.05, 4.69) is 10.6 Å². The monoisotopic (exact) mass is 272 g/mol. The number of piperazine rings is 1. The molecule has 1 fully saturated rings. The number of amides is 2. The SMILES string of the molecule is CC1C(=O)NCCN1CC(=O)Nc1cccc(C#N)c1. The number of carbonyl (C=O) groups excluding carboxylic acids is 2. The molecule has 0 spiro atoms. The molecule has 0 aliphatic carbocycles. The second-order valence-corrected chi connectivity index (χ2v) is 4.68. The van der Waals surface area contributed by atoms with Gasteiger partial charge in [-0.05, 0) is 25.1 Å². The zero-order chi connectivity index (χ0) is 14.5. The average Bonchev–Trinajstić information content (AvgIpc) is 2.44. The summed E-state index contributed by atoms with van der Waals surface area (Å²) in [5, 5.41) is 14.3. The molecule has 0 saturated carbocycles. The number of benzene rings is 1. The number of nitrogens with one attached hydrogen (secondary N) is 2. The van der Waals surface area contributed by atoms with Crippen molar-refractivity contribution in [2.75, 3.05) is 25.0 Å². The van der Waals surface area contributed by atoms with Gasteiger partial charge in [0.25, 0.3) is 0 Å². The molecule has 1 aliphatic rings. The highest BCUT2D eigenvalue weighted by Crippen LogP contribution is 2.10. The highest BCUT2D eigenvalue weighted by molar-refractivity contribution is 5.93. The van der Waals surface area contributed by atoms with Crippen LogP contribution in [0.25, 0.3) is 0 Å². The van der Waals surface area contributed by atoms with Crippen LogP contribution in [-0.4, -0.2) is 42.4 Å². The molecule has 1 saturated heterocycles. The van der Waals surface area contributed by atoms with Gasteiger partial charge in [0, 0.05) is 18.8 Å². The van der Waals surface area contributed by atoms with Gasteiger partial charge in [-0.3, -0.25) is 14.5 Å². The van der Waals surface area contributed by atoms with Crippen LogP contribution < -0.4 is 10.6 Å². The summed E-state index contributed by atoms with van der Waals surface area (Å²) in [5.41, 5.74) is 1.08. The normalized spacial score (nSPS) is 19.0. The lowest BCUT2D eigenvalue weighted by Crippen LogP contribution is -2.55. The quantitative estimate of drug-likeness (QED) is 0.829. The van der Waals surface area contributed by atoms with Gasteiger partial charge in [0.05, 0.1) is 24.2 Å². The molecule has 1 aromatic rings. The Morgan fingerprint density at radius 3 is 3.15 bits per heavy atom. The number of nitriles is 1. The lowest BCUT2D eigenvalue weighted by Gasteiger charge is -2.31. The average molecular weight is 272 g/mol. The number of anilines is 1. The van der Waals surface area contributed by atoms with Gasteiger partial charge in [0.15, 0.2) is 0 Å². The first-order chi connectivity index (χ1) is 9.60. The molecular formula is C14H16N4O2. The molecule has 0 radical (unpaired) electrons. The van der Waals surface area contributed by atoms with E-state index in [4.69, 9.17) is 5.26 Å².